The third kappa shape index (κ3) is 9.91. The summed E-state index contributed by atoms with van der Waals surface area (Å²) in [6.45, 7) is 13.9. The van der Waals surface area contributed by atoms with Crippen LogP contribution < -0.4 is 5.32 Å². The molecule has 0 aliphatic carbocycles. The molecule has 0 aliphatic rings. The summed E-state index contributed by atoms with van der Waals surface area (Å²) < 4.78 is 5.32. The minimum absolute atomic E-state index is 0.174. The van der Waals surface area contributed by atoms with Crippen molar-refractivity contribution in [3.8, 4) is 0 Å². The van der Waals surface area contributed by atoms with Gasteiger partial charge in [-0.25, -0.2) is 0 Å². The van der Waals surface area contributed by atoms with Gasteiger partial charge in [0.2, 0.25) is 0 Å². The summed E-state index contributed by atoms with van der Waals surface area (Å²) in [6, 6.07) is 0.357. The van der Waals surface area contributed by atoms with E-state index in [0.29, 0.717) is 6.04 Å². The normalized spacial score (nSPS) is 13.9. The van der Waals surface area contributed by atoms with Gasteiger partial charge in [0.1, 0.15) is 11.6 Å². The Hall–Kier alpha value is -0.610. The average Bonchev–Trinajstić information content (AvgIpc) is 2.25. The summed E-state index contributed by atoms with van der Waals surface area (Å²) in [7, 11) is 2.14. The Labute approximate surface area is 118 Å². The first-order valence-electron chi connectivity index (χ1n) is 7.30. The third-order valence-corrected chi connectivity index (χ3v) is 3.03. The lowest BCUT2D eigenvalue weighted by molar-refractivity contribution is -0.156. The van der Waals surface area contributed by atoms with Crippen molar-refractivity contribution in [1.82, 2.24) is 10.2 Å². The standard InChI is InChI=1S/C15H32N2O2/c1-12(2)17(7)11-9-8-10-16-13(3)14(18)19-15(4,5)6/h12-13,16H,8-11H2,1-7H3. The maximum Gasteiger partial charge on any atom is 0.323 e. The topological polar surface area (TPSA) is 41.6 Å². The minimum atomic E-state index is -0.410. The molecule has 0 saturated carbocycles. The van der Waals surface area contributed by atoms with Gasteiger partial charge < -0.3 is 15.0 Å². The SMILES string of the molecule is CC(NCCCCN(C)C(C)C)C(=O)OC(C)(C)C. The van der Waals surface area contributed by atoms with Gasteiger partial charge in [0.05, 0.1) is 0 Å². The Morgan fingerprint density at radius 3 is 2.26 bits per heavy atom. The quantitative estimate of drug-likeness (QED) is 0.544. The molecule has 1 N–H and O–H groups in total. The maximum atomic E-state index is 11.7. The summed E-state index contributed by atoms with van der Waals surface area (Å²) in [5, 5.41) is 3.21. The van der Waals surface area contributed by atoms with Gasteiger partial charge in [-0.1, -0.05) is 0 Å². The summed E-state index contributed by atoms with van der Waals surface area (Å²) in [5.74, 6) is -0.174. The van der Waals surface area contributed by atoms with E-state index in [9.17, 15) is 4.79 Å². The molecule has 1 atom stereocenters. The Morgan fingerprint density at radius 1 is 1.21 bits per heavy atom. The summed E-state index contributed by atoms with van der Waals surface area (Å²) >= 11 is 0. The monoisotopic (exact) mass is 272 g/mol. The van der Waals surface area contributed by atoms with Gasteiger partial charge in [-0.05, 0) is 74.5 Å². The zero-order chi connectivity index (χ0) is 15.1. The fourth-order valence-electron chi connectivity index (χ4n) is 1.54. The molecule has 4 heteroatoms. The van der Waals surface area contributed by atoms with Crippen LogP contribution in [0.5, 0.6) is 0 Å². The molecule has 0 aromatic carbocycles. The van der Waals surface area contributed by atoms with E-state index in [0.717, 1.165) is 25.9 Å². The van der Waals surface area contributed by atoms with Gasteiger partial charge in [0.25, 0.3) is 0 Å². The predicted octanol–water partition coefficient (Wildman–Crippen LogP) is 2.43. The molecule has 0 saturated heterocycles. The van der Waals surface area contributed by atoms with Gasteiger partial charge in [-0.2, -0.15) is 0 Å². The zero-order valence-corrected chi connectivity index (χ0v) is 13.7. The highest BCUT2D eigenvalue weighted by Crippen LogP contribution is 2.08. The van der Waals surface area contributed by atoms with Gasteiger partial charge in [0, 0.05) is 6.04 Å². The van der Waals surface area contributed by atoms with Crippen LogP contribution in [-0.2, 0) is 9.53 Å². The molecule has 0 aliphatic heterocycles. The number of carbonyl (C=O) groups is 1. The number of hydrogen-bond donors (Lipinski definition) is 1. The van der Waals surface area contributed by atoms with E-state index in [1.807, 2.05) is 27.7 Å². The molecule has 0 heterocycles. The Kier molecular flexibility index (Phi) is 8.26. The van der Waals surface area contributed by atoms with E-state index < -0.39 is 5.60 Å². The third-order valence-electron chi connectivity index (χ3n) is 3.03. The molecule has 0 radical (unpaired) electrons. The van der Waals surface area contributed by atoms with Crippen molar-refractivity contribution < 1.29 is 9.53 Å². The molecule has 114 valence electrons. The van der Waals surface area contributed by atoms with Gasteiger partial charge in [-0.3, -0.25) is 4.79 Å². The van der Waals surface area contributed by atoms with Crippen molar-refractivity contribution in [3.05, 3.63) is 0 Å². The molecule has 4 nitrogen and oxygen atoms in total. The van der Waals surface area contributed by atoms with Crippen LogP contribution in [0.15, 0.2) is 0 Å². The molecular formula is C15H32N2O2. The lowest BCUT2D eigenvalue weighted by Crippen LogP contribution is -2.39. The molecule has 0 fully saturated rings. The van der Waals surface area contributed by atoms with Crippen LogP contribution in [0, 0.1) is 0 Å². The van der Waals surface area contributed by atoms with Gasteiger partial charge in [-0.15, -0.1) is 0 Å². The number of esters is 1. The van der Waals surface area contributed by atoms with Crippen molar-refractivity contribution in [2.75, 3.05) is 20.1 Å². The number of ether oxygens (including phenoxy) is 1. The lowest BCUT2D eigenvalue weighted by Gasteiger charge is -2.23. The van der Waals surface area contributed by atoms with Crippen LogP contribution in [-0.4, -0.2) is 48.7 Å². The van der Waals surface area contributed by atoms with Gasteiger partial charge >= 0.3 is 5.97 Å². The number of rotatable bonds is 8. The van der Waals surface area contributed by atoms with E-state index in [1.54, 1.807) is 0 Å². The average molecular weight is 272 g/mol. The van der Waals surface area contributed by atoms with Crippen LogP contribution in [0.2, 0.25) is 0 Å². The Bertz CT molecular complexity index is 259. The number of hydrogen-bond acceptors (Lipinski definition) is 4. The van der Waals surface area contributed by atoms with Crippen LogP contribution in [0.25, 0.3) is 0 Å². The predicted molar refractivity (Wildman–Crippen MR) is 80.3 cm³/mol. The first-order valence-corrected chi connectivity index (χ1v) is 7.30. The van der Waals surface area contributed by atoms with Crippen molar-refractivity contribution in [1.29, 1.82) is 0 Å². The van der Waals surface area contributed by atoms with E-state index >= 15 is 0 Å². The number of nitrogens with zero attached hydrogens (tertiary/aromatic N) is 1. The molecule has 1 unspecified atom stereocenters. The molecule has 0 bridgehead atoms. The minimum Gasteiger partial charge on any atom is -0.459 e. The molecule has 0 amide bonds. The Balaban J connectivity index is 3.69. The van der Waals surface area contributed by atoms with Crippen LogP contribution in [0.3, 0.4) is 0 Å². The smallest absolute Gasteiger partial charge is 0.323 e. The van der Waals surface area contributed by atoms with Crippen molar-refractivity contribution >= 4 is 5.97 Å². The van der Waals surface area contributed by atoms with Crippen LogP contribution >= 0.6 is 0 Å². The number of carbonyl (C=O) groups excluding carboxylic acids is 1. The second-order valence-electron chi connectivity index (χ2n) is 6.49. The van der Waals surface area contributed by atoms with Crippen molar-refractivity contribution in [3.63, 3.8) is 0 Å². The fourth-order valence-corrected chi connectivity index (χ4v) is 1.54. The Morgan fingerprint density at radius 2 is 1.79 bits per heavy atom. The lowest BCUT2D eigenvalue weighted by atomic mass is 10.2. The van der Waals surface area contributed by atoms with E-state index in [1.165, 1.54) is 0 Å². The van der Waals surface area contributed by atoms with Crippen LogP contribution in [0.4, 0.5) is 0 Å². The largest absolute Gasteiger partial charge is 0.459 e. The summed E-state index contributed by atoms with van der Waals surface area (Å²) in [5.41, 5.74) is -0.410. The van der Waals surface area contributed by atoms with Crippen LogP contribution in [0.1, 0.15) is 54.4 Å². The van der Waals surface area contributed by atoms with Crippen molar-refractivity contribution in [2.24, 2.45) is 0 Å². The number of unbranched alkanes of at least 4 members (excludes halogenated alkanes) is 1. The van der Waals surface area contributed by atoms with E-state index in [-0.39, 0.29) is 12.0 Å². The zero-order valence-electron chi connectivity index (χ0n) is 13.7. The fraction of sp³-hybridized carbons (Fsp3) is 0.933. The summed E-state index contributed by atoms with van der Waals surface area (Å²) in [4.78, 5) is 14.1. The highest BCUT2D eigenvalue weighted by Gasteiger charge is 2.20. The highest BCUT2D eigenvalue weighted by molar-refractivity contribution is 5.75. The first kappa shape index (κ1) is 18.4. The molecule has 0 rings (SSSR count). The molecule has 19 heavy (non-hydrogen) atoms. The second kappa shape index (κ2) is 8.54. The maximum absolute atomic E-state index is 11.7. The first-order chi connectivity index (χ1) is 8.63. The molecular weight excluding hydrogens is 240 g/mol. The van der Waals surface area contributed by atoms with E-state index in [2.05, 4.69) is 31.1 Å². The highest BCUT2D eigenvalue weighted by atomic mass is 16.6. The number of nitrogens with one attached hydrogen (secondary N) is 1. The molecule has 0 aromatic rings. The molecule has 0 spiro atoms. The van der Waals surface area contributed by atoms with E-state index in [4.69, 9.17) is 4.74 Å². The summed E-state index contributed by atoms with van der Waals surface area (Å²) in [6.07, 6.45) is 2.22. The van der Waals surface area contributed by atoms with Crippen molar-refractivity contribution in [2.45, 2.75) is 72.1 Å². The second-order valence-corrected chi connectivity index (χ2v) is 6.49. The molecule has 0 aromatic heterocycles. The van der Waals surface area contributed by atoms with Gasteiger partial charge in [0.15, 0.2) is 0 Å².